The van der Waals surface area contributed by atoms with E-state index in [0.717, 1.165) is 18.4 Å². The number of hydrogen-bond acceptors (Lipinski definition) is 3. The number of fused-ring (bicyclic) bond motifs is 1. The fourth-order valence-corrected chi connectivity index (χ4v) is 2.47. The quantitative estimate of drug-likeness (QED) is 0.407. The predicted octanol–water partition coefficient (Wildman–Crippen LogP) is 2.52. The molecule has 3 nitrogen and oxygen atoms in total. The van der Waals surface area contributed by atoms with Crippen molar-refractivity contribution in [3.8, 4) is 0 Å². The Balaban J connectivity index is 2.29. The molecule has 0 radical (unpaired) electrons. The van der Waals surface area contributed by atoms with E-state index in [1.165, 1.54) is 5.57 Å². The summed E-state index contributed by atoms with van der Waals surface area (Å²) in [5.74, 6) is -0.259. The van der Waals surface area contributed by atoms with Crippen LogP contribution >= 0.6 is 0 Å². The fraction of sp³-hybridized carbons (Fsp3) is 0.533. The van der Waals surface area contributed by atoms with Crippen molar-refractivity contribution in [3.63, 3.8) is 0 Å². The largest absolute Gasteiger partial charge is 0.454 e. The van der Waals surface area contributed by atoms with E-state index in [9.17, 15) is 9.90 Å². The highest BCUT2D eigenvalue weighted by Gasteiger charge is 2.37. The first-order chi connectivity index (χ1) is 8.49. The van der Waals surface area contributed by atoms with Crippen LogP contribution in [0, 0.1) is 5.92 Å². The van der Waals surface area contributed by atoms with Crippen LogP contribution < -0.4 is 0 Å². The highest BCUT2D eigenvalue weighted by atomic mass is 16.5. The molecular weight excluding hydrogens is 228 g/mol. The molecule has 0 spiro atoms. The minimum Gasteiger partial charge on any atom is -0.454 e. The second kappa shape index (κ2) is 5.11. The summed E-state index contributed by atoms with van der Waals surface area (Å²) in [6.07, 6.45) is 5.61. The van der Waals surface area contributed by atoms with Crippen LogP contribution in [0.25, 0.3) is 0 Å². The Morgan fingerprint density at radius 1 is 1.44 bits per heavy atom. The van der Waals surface area contributed by atoms with Crippen molar-refractivity contribution >= 4 is 5.97 Å². The number of allylic oxidation sites excluding steroid dienone is 1. The first-order valence-electron chi connectivity index (χ1n) is 6.41. The summed E-state index contributed by atoms with van der Waals surface area (Å²) in [7, 11) is 0. The second-order valence-corrected chi connectivity index (χ2v) is 5.25. The molecular formula is C15H20O3. The minimum atomic E-state index is -0.494. The topological polar surface area (TPSA) is 46.5 Å². The van der Waals surface area contributed by atoms with E-state index in [4.69, 9.17) is 4.74 Å². The van der Waals surface area contributed by atoms with Gasteiger partial charge in [-0.25, -0.2) is 4.79 Å². The maximum atomic E-state index is 11.6. The van der Waals surface area contributed by atoms with E-state index in [1.54, 1.807) is 0 Å². The maximum Gasteiger partial charge on any atom is 0.334 e. The van der Waals surface area contributed by atoms with Crippen LogP contribution in [-0.2, 0) is 9.53 Å². The Bertz CT molecular complexity index is 431. The van der Waals surface area contributed by atoms with E-state index < -0.39 is 6.10 Å². The lowest BCUT2D eigenvalue weighted by atomic mass is 9.88. The van der Waals surface area contributed by atoms with E-state index in [-0.39, 0.29) is 18.0 Å². The molecule has 3 atom stereocenters. The highest BCUT2D eigenvalue weighted by molar-refractivity contribution is 5.91. The van der Waals surface area contributed by atoms with Crippen LogP contribution in [0.2, 0.25) is 0 Å². The van der Waals surface area contributed by atoms with Gasteiger partial charge < -0.3 is 9.84 Å². The summed E-state index contributed by atoms with van der Waals surface area (Å²) in [4.78, 5) is 11.6. The first-order valence-corrected chi connectivity index (χ1v) is 6.41. The SMILES string of the molecule is C=C1C(=O)O[C@H]2/C=C(\C)[C@@H](O)C/C=C(\C)CC[C@@H]12. The molecule has 1 heterocycles. The molecule has 18 heavy (non-hydrogen) atoms. The average molecular weight is 248 g/mol. The third-order valence-corrected chi connectivity index (χ3v) is 3.84. The van der Waals surface area contributed by atoms with Gasteiger partial charge in [-0.2, -0.15) is 0 Å². The van der Waals surface area contributed by atoms with Crippen molar-refractivity contribution in [2.75, 3.05) is 0 Å². The van der Waals surface area contributed by atoms with Crippen LogP contribution in [-0.4, -0.2) is 23.3 Å². The summed E-state index contributed by atoms with van der Waals surface area (Å²) in [5, 5.41) is 9.99. The van der Waals surface area contributed by atoms with Crippen LogP contribution in [0.4, 0.5) is 0 Å². The molecule has 1 saturated heterocycles. The monoisotopic (exact) mass is 248 g/mol. The lowest BCUT2D eigenvalue weighted by molar-refractivity contribution is -0.137. The molecule has 98 valence electrons. The van der Waals surface area contributed by atoms with Gasteiger partial charge in [0.1, 0.15) is 6.10 Å². The molecule has 0 aromatic carbocycles. The normalized spacial score (nSPS) is 39.2. The summed E-state index contributed by atoms with van der Waals surface area (Å²) >= 11 is 0. The van der Waals surface area contributed by atoms with Gasteiger partial charge in [-0.05, 0) is 44.8 Å². The van der Waals surface area contributed by atoms with Gasteiger partial charge in [0.2, 0.25) is 0 Å². The van der Waals surface area contributed by atoms with Gasteiger partial charge in [-0.1, -0.05) is 18.2 Å². The molecule has 0 amide bonds. The molecule has 0 aromatic rings. The van der Waals surface area contributed by atoms with Crippen molar-refractivity contribution in [2.24, 2.45) is 5.92 Å². The average Bonchev–Trinajstić information content (AvgIpc) is 2.59. The van der Waals surface area contributed by atoms with Crippen LogP contribution in [0.3, 0.4) is 0 Å². The van der Waals surface area contributed by atoms with E-state index in [0.29, 0.717) is 12.0 Å². The third-order valence-electron chi connectivity index (χ3n) is 3.84. The number of aliphatic hydroxyl groups is 1. The highest BCUT2D eigenvalue weighted by Crippen LogP contribution is 2.34. The summed E-state index contributed by atoms with van der Waals surface area (Å²) in [6, 6.07) is 0. The number of aliphatic hydroxyl groups excluding tert-OH is 1. The predicted molar refractivity (Wildman–Crippen MR) is 69.9 cm³/mol. The lowest BCUT2D eigenvalue weighted by Crippen LogP contribution is -2.18. The minimum absolute atomic E-state index is 0.0427. The van der Waals surface area contributed by atoms with Crippen LogP contribution in [0.15, 0.2) is 35.5 Å². The van der Waals surface area contributed by atoms with Crippen molar-refractivity contribution in [1.29, 1.82) is 0 Å². The van der Waals surface area contributed by atoms with E-state index in [2.05, 4.69) is 19.6 Å². The van der Waals surface area contributed by atoms with Gasteiger partial charge >= 0.3 is 5.97 Å². The Morgan fingerprint density at radius 2 is 2.17 bits per heavy atom. The van der Waals surface area contributed by atoms with Crippen LogP contribution in [0.1, 0.15) is 33.1 Å². The first kappa shape index (κ1) is 13.1. The molecule has 1 aliphatic heterocycles. The molecule has 2 aliphatic rings. The number of carbonyl (C=O) groups is 1. The third kappa shape index (κ3) is 2.56. The van der Waals surface area contributed by atoms with Gasteiger partial charge in [0.05, 0.1) is 6.10 Å². The number of carbonyl (C=O) groups excluding carboxylic acids is 1. The summed E-state index contributed by atoms with van der Waals surface area (Å²) < 4.78 is 5.32. The summed E-state index contributed by atoms with van der Waals surface area (Å²) in [5.41, 5.74) is 2.67. The lowest BCUT2D eigenvalue weighted by Gasteiger charge is -2.19. The van der Waals surface area contributed by atoms with Gasteiger partial charge in [0, 0.05) is 11.5 Å². The number of rotatable bonds is 0. The van der Waals surface area contributed by atoms with Gasteiger partial charge in [-0.3, -0.25) is 0 Å². The molecule has 0 aromatic heterocycles. The Kier molecular flexibility index (Phi) is 3.71. The number of ether oxygens (including phenoxy) is 1. The van der Waals surface area contributed by atoms with Gasteiger partial charge in [0.25, 0.3) is 0 Å². The van der Waals surface area contributed by atoms with Gasteiger partial charge in [0.15, 0.2) is 0 Å². The van der Waals surface area contributed by atoms with Crippen molar-refractivity contribution in [2.45, 2.75) is 45.3 Å². The zero-order chi connectivity index (χ0) is 13.3. The van der Waals surface area contributed by atoms with Crippen molar-refractivity contribution in [3.05, 3.63) is 35.5 Å². The molecule has 1 aliphatic carbocycles. The smallest absolute Gasteiger partial charge is 0.334 e. The second-order valence-electron chi connectivity index (χ2n) is 5.25. The standard InChI is InChI=1S/C15H20O3/c1-9-4-6-12-11(3)15(17)18-14(12)8-10(2)13(16)7-5-9/h5,8,12-14,16H,3-4,6-7H2,1-2H3/b9-5+,10-8+/t12-,13-,14-/m0/s1. The molecule has 2 rings (SSSR count). The molecule has 0 unspecified atom stereocenters. The maximum absolute atomic E-state index is 11.6. The molecule has 0 bridgehead atoms. The molecule has 1 fully saturated rings. The van der Waals surface area contributed by atoms with E-state index in [1.807, 2.05) is 13.0 Å². The Hall–Kier alpha value is -1.35. The molecule has 0 saturated carbocycles. The fourth-order valence-electron chi connectivity index (χ4n) is 2.47. The molecule has 1 N–H and O–H groups in total. The Labute approximate surface area is 108 Å². The summed E-state index contributed by atoms with van der Waals surface area (Å²) in [6.45, 7) is 7.76. The zero-order valence-corrected chi connectivity index (χ0v) is 11.0. The zero-order valence-electron chi connectivity index (χ0n) is 11.0. The number of esters is 1. The number of hydrogen-bond donors (Lipinski definition) is 1. The van der Waals surface area contributed by atoms with Gasteiger partial charge in [-0.15, -0.1) is 0 Å². The van der Waals surface area contributed by atoms with Crippen molar-refractivity contribution in [1.82, 2.24) is 0 Å². The van der Waals surface area contributed by atoms with Crippen molar-refractivity contribution < 1.29 is 14.6 Å². The van der Waals surface area contributed by atoms with Crippen LogP contribution in [0.5, 0.6) is 0 Å². The van der Waals surface area contributed by atoms with E-state index >= 15 is 0 Å². The Morgan fingerprint density at radius 3 is 2.89 bits per heavy atom. The molecule has 3 heteroatoms.